The third-order valence-corrected chi connectivity index (χ3v) is 2.25. The summed E-state index contributed by atoms with van der Waals surface area (Å²) in [5.41, 5.74) is 0. The van der Waals surface area contributed by atoms with Gasteiger partial charge in [0.25, 0.3) is 0 Å². The molecule has 0 heterocycles. The maximum Gasteiger partial charge on any atom is 0.0115 e. The molecule has 0 aromatic rings. The fourth-order valence-corrected chi connectivity index (χ4v) is 1.60. The second-order valence-corrected chi connectivity index (χ2v) is 3.28. The van der Waals surface area contributed by atoms with Gasteiger partial charge in [0.1, 0.15) is 0 Å². The van der Waals surface area contributed by atoms with Crippen molar-refractivity contribution in [3.8, 4) is 0 Å². The van der Waals surface area contributed by atoms with E-state index in [9.17, 15) is 0 Å². The molecule has 1 heteroatoms. The Morgan fingerprint density at radius 3 is 2.11 bits per heavy atom. The fraction of sp³-hybridized carbons (Fsp3) is 1.00. The van der Waals surface area contributed by atoms with Gasteiger partial charge in [0, 0.05) is 6.04 Å². The summed E-state index contributed by atoms with van der Waals surface area (Å²) in [5.74, 6) is 1.03. The summed E-state index contributed by atoms with van der Waals surface area (Å²) in [6.07, 6.45) is 4.26. The van der Waals surface area contributed by atoms with Gasteiger partial charge in [-0.05, 0) is 39.3 Å². The normalized spacial score (nSPS) is 22.7. The molecule has 0 bridgehead atoms. The van der Waals surface area contributed by atoms with Gasteiger partial charge >= 0.3 is 0 Å². The van der Waals surface area contributed by atoms with Crippen LogP contribution in [0.5, 0.6) is 0 Å². The molecule has 9 heavy (non-hydrogen) atoms. The number of hydrogen-bond acceptors (Lipinski definition) is 1. The lowest BCUT2D eigenvalue weighted by atomic mass is 10.1. The molecule has 0 unspecified atom stereocenters. The molecule has 1 nitrogen and oxygen atoms in total. The molecule has 0 aromatic heterocycles. The lowest BCUT2D eigenvalue weighted by Gasteiger charge is -2.21. The van der Waals surface area contributed by atoms with Gasteiger partial charge < -0.3 is 4.90 Å². The molecule has 0 amide bonds. The summed E-state index contributed by atoms with van der Waals surface area (Å²) in [4.78, 5) is 2.36. The summed E-state index contributed by atoms with van der Waals surface area (Å²) < 4.78 is 0. The van der Waals surface area contributed by atoms with E-state index in [-0.39, 0.29) is 0 Å². The Morgan fingerprint density at radius 1 is 1.44 bits per heavy atom. The second kappa shape index (κ2) is 2.70. The fourth-order valence-electron chi connectivity index (χ4n) is 1.60. The topological polar surface area (TPSA) is 3.24 Å². The van der Waals surface area contributed by atoms with Crippen molar-refractivity contribution in [1.29, 1.82) is 0 Å². The van der Waals surface area contributed by atoms with Crippen LogP contribution in [0.15, 0.2) is 0 Å². The summed E-state index contributed by atoms with van der Waals surface area (Å²) in [6, 6.07) is 0.866. The van der Waals surface area contributed by atoms with Crippen molar-refractivity contribution in [2.45, 2.75) is 32.2 Å². The zero-order valence-corrected chi connectivity index (χ0v) is 6.72. The Kier molecular flexibility index (Phi) is 2.12. The Balaban J connectivity index is 2.28. The van der Waals surface area contributed by atoms with Crippen molar-refractivity contribution >= 4 is 0 Å². The van der Waals surface area contributed by atoms with Crippen molar-refractivity contribution in [3.05, 3.63) is 0 Å². The lowest BCUT2D eigenvalue weighted by molar-refractivity contribution is 0.257. The molecule has 54 valence electrons. The van der Waals surface area contributed by atoms with E-state index in [1.165, 1.54) is 19.3 Å². The van der Waals surface area contributed by atoms with E-state index in [1.54, 1.807) is 0 Å². The van der Waals surface area contributed by atoms with Gasteiger partial charge in [0.05, 0.1) is 0 Å². The summed E-state index contributed by atoms with van der Waals surface area (Å²) in [6.45, 7) is 2.28. The SMILES string of the molecule is CC[C@H](C1CC1)N(C)C. The zero-order valence-electron chi connectivity index (χ0n) is 6.72. The third kappa shape index (κ3) is 1.68. The van der Waals surface area contributed by atoms with Crippen LogP contribution in [0.4, 0.5) is 0 Å². The molecule has 1 aliphatic rings. The summed E-state index contributed by atoms with van der Waals surface area (Å²) in [5, 5.41) is 0. The van der Waals surface area contributed by atoms with E-state index in [4.69, 9.17) is 0 Å². The average molecular weight is 127 g/mol. The molecule has 0 aliphatic heterocycles. The zero-order chi connectivity index (χ0) is 6.85. The molecule has 0 aromatic carbocycles. The lowest BCUT2D eigenvalue weighted by Crippen LogP contribution is -2.28. The van der Waals surface area contributed by atoms with Crippen molar-refractivity contribution in [1.82, 2.24) is 4.90 Å². The number of nitrogens with zero attached hydrogens (tertiary/aromatic N) is 1. The van der Waals surface area contributed by atoms with Gasteiger partial charge in [-0.25, -0.2) is 0 Å². The van der Waals surface area contributed by atoms with Crippen LogP contribution in [-0.4, -0.2) is 25.0 Å². The Labute approximate surface area is 58.0 Å². The number of rotatable bonds is 3. The van der Waals surface area contributed by atoms with E-state index in [2.05, 4.69) is 25.9 Å². The molecular weight excluding hydrogens is 110 g/mol. The molecule has 1 rings (SSSR count). The Hall–Kier alpha value is -0.0400. The van der Waals surface area contributed by atoms with Gasteiger partial charge in [0.15, 0.2) is 0 Å². The largest absolute Gasteiger partial charge is 0.306 e. The minimum atomic E-state index is 0.866. The second-order valence-electron chi connectivity index (χ2n) is 3.28. The summed E-state index contributed by atoms with van der Waals surface area (Å²) >= 11 is 0. The first-order valence-corrected chi connectivity index (χ1v) is 3.92. The molecular formula is C8H17N. The van der Waals surface area contributed by atoms with Crippen LogP contribution in [0.25, 0.3) is 0 Å². The average Bonchev–Trinajstić information content (AvgIpc) is 2.50. The van der Waals surface area contributed by atoms with Gasteiger partial charge in [0.2, 0.25) is 0 Å². The van der Waals surface area contributed by atoms with Gasteiger partial charge in [-0.2, -0.15) is 0 Å². The van der Waals surface area contributed by atoms with Crippen molar-refractivity contribution in [2.75, 3.05) is 14.1 Å². The molecule has 0 radical (unpaired) electrons. The molecule has 0 spiro atoms. The van der Waals surface area contributed by atoms with Crippen molar-refractivity contribution in [3.63, 3.8) is 0 Å². The predicted molar refractivity (Wildman–Crippen MR) is 40.5 cm³/mol. The molecule has 1 aliphatic carbocycles. The highest BCUT2D eigenvalue weighted by Gasteiger charge is 2.30. The first-order valence-electron chi connectivity index (χ1n) is 3.92. The standard InChI is InChI=1S/C8H17N/c1-4-8(9(2)3)7-5-6-7/h7-8H,4-6H2,1-3H3/t8-/m1/s1. The maximum absolute atomic E-state index is 2.36. The van der Waals surface area contributed by atoms with Crippen LogP contribution in [-0.2, 0) is 0 Å². The highest BCUT2D eigenvalue weighted by Crippen LogP contribution is 2.35. The van der Waals surface area contributed by atoms with Crippen LogP contribution in [0, 0.1) is 5.92 Å². The van der Waals surface area contributed by atoms with E-state index < -0.39 is 0 Å². The third-order valence-electron chi connectivity index (χ3n) is 2.25. The van der Waals surface area contributed by atoms with E-state index in [0.717, 1.165) is 12.0 Å². The smallest absolute Gasteiger partial charge is 0.0115 e. The highest BCUT2D eigenvalue weighted by atomic mass is 15.1. The van der Waals surface area contributed by atoms with Gasteiger partial charge in [-0.3, -0.25) is 0 Å². The summed E-state index contributed by atoms with van der Waals surface area (Å²) in [7, 11) is 4.37. The first-order chi connectivity index (χ1) is 4.25. The molecule has 1 fully saturated rings. The maximum atomic E-state index is 2.36. The molecule has 1 saturated carbocycles. The van der Waals surface area contributed by atoms with Crippen LogP contribution in [0.1, 0.15) is 26.2 Å². The van der Waals surface area contributed by atoms with Crippen LogP contribution < -0.4 is 0 Å². The van der Waals surface area contributed by atoms with Crippen molar-refractivity contribution < 1.29 is 0 Å². The monoisotopic (exact) mass is 127 g/mol. The van der Waals surface area contributed by atoms with Crippen LogP contribution in [0.2, 0.25) is 0 Å². The number of hydrogen-bond donors (Lipinski definition) is 0. The predicted octanol–water partition coefficient (Wildman–Crippen LogP) is 1.74. The molecule has 0 N–H and O–H groups in total. The van der Waals surface area contributed by atoms with Gasteiger partial charge in [-0.15, -0.1) is 0 Å². The van der Waals surface area contributed by atoms with Crippen LogP contribution >= 0.6 is 0 Å². The minimum Gasteiger partial charge on any atom is -0.306 e. The quantitative estimate of drug-likeness (QED) is 0.558. The molecule has 1 atom stereocenters. The van der Waals surface area contributed by atoms with E-state index >= 15 is 0 Å². The van der Waals surface area contributed by atoms with E-state index in [1.807, 2.05) is 0 Å². The first kappa shape index (κ1) is 7.07. The highest BCUT2D eigenvalue weighted by molar-refractivity contribution is 4.84. The Morgan fingerprint density at radius 2 is 2.00 bits per heavy atom. The van der Waals surface area contributed by atoms with E-state index in [0.29, 0.717) is 0 Å². The van der Waals surface area contributed by atoms with Crippen molar-refractivity contribution in [2.24, 2.45) is 5.92 Å². The Bertz CT molecular complexity index is 82.6. The van der Waals surface area contributed by atoms with Gasteiger partial charge in [-0.1, -0.05) is 6.92 Å². The minimum absolute atomic E-state index is 0.866. The van der Waals surface area contributed by atoms with Crippen LogP contribution in [0.3, 0.4) is 0 Å². The molecule has 0 saturated heterocycles.